The zero-order chi connectivity index (χ0) is 25.1. The van der Waals surface area contributed by atoms with E-state index in [1.54, 1.807) is 36.4 Å². The lowest BCUT2D eigenvalue weighted by Gasteiger charge is -2.18. The lowest BCUT2D eigenvalue weighted by atomic mass is 9.84. The van der Waals surface area contributed by atoms with E-state index >= 15 is 0 Å². The van der Waals surface area contributed by atoms with Crippen LogP contribution in [0.25, 0.3) is 0 Å². The van der Waals surface area contributed by atoms with Crippen molar-refractivity contribution >= 4 is 23.5 Å². The van der Waals surface area contributed by atoms with Gasteiger partial charge in [0.1, 0.15) is 11.5 Å². The molecule has 1 aliphatic carbocycles. The Morgan fingerprint density at radius 2 is 0.971 bits per heavy atom. The number of methoxy groups -OCH3 is 2. The summed E-state index contributed by atoms with van der Waals surface area (Å²) in [4.78, 5) is 45.2. The van der Waals surface area contributed by atoms with Crippen LogP contribution >= 0.6 is 0 Å². The number of carboxylic acid groups (broad SMARTS) is 2. The normalized spacial score (nSPS) is 11.6. The van der Waals surface area contributed by atoms with Gasteiger partial charge in [0.05, 0.1) is 14.2 Å². The van der Waals surface area contributed by atoms with Gasteiger partial charge < -0.3 is 19.7 Å². The average Bonchev–Trinajstić information content (AvgIpc) is 2.83. The Balaban J connectivity index is 0.000000259. The monoisotopic (exact) mass is 470 g/mol. The van der Waals surface area contributed by atoms with Crippen LogP contribution in [0.5, 0.6) is 11.5 Å². The molecule has 34 heavy (non-hydrogen) atoms. The van der Waals surface area contributed by atoms with Crippen LogP contribution in [0.4, 0.5) is 0 Å². The Hall–Kier alpha value is -3.68. The highest BCUT2D eigenvalue weighted by atomic mass is 16.5. The summed E-state index contributed by atoms with van der Waals surface area (Å²) in [5.74, 6) is -0.706. The predicted octanol–water partition coefficient (Wildman–Crippen LogP) is 4.76. The fourth-order valence-corrected chi connectivity index (χ4v) is 3.62. The van der Waals surface area contributed by atoms with E-state index in [1.165, 1.54) is 14.2 Å². The molecule has 8 nitrogen and oxygen atoms in total. The number of carbonyl (C=O) groups is 4. The number of unbranched alkanes of at least 4 members (excludes halogenated alkanes) is 5. The first-order valence-electron chi connectivity index (χ1n) is 11.2. The molecule has 3 rings (SSSR count). The number of hydrogen-bond acceptors (Lipinski definition) is 6. The maximum Gasteiger partial charge on any atom is 0.303 e. The third-order valence-electron chi connectivity index (χ3n) is 5.46. The smallest absolute Gasteiger partial charge is 0.303 e. The van der Waals surface area contributed by atoms with Gasteiger partial charge in [-0.3, -0.25) is 19.2 Å². The Morgan fingerprint density at radius 3 is 1.29 bits per heavy atom. The summed E-state index contributed by atoms with van der Waals surface area (Å²) in [5, 5.41) is 16.7. The van der Waals surface area contributed by atoms with Crippen LogP contribution in [0.1, 0.15) is 83.2 Å². The summed E-state index contributed by atoms with van der Waals surface area (Å²) in [6, 6.07) is 9.80. The van der Waals surface area contributed by atoms with Gasteiger partial charge in [0.15, 0.2) is 11.6 Å². The van der Waals surface area contributed by atoms with E-state index in [4.69, 9.17) is 19.7 Å². The minimum absolute atomic E-state index is 0.170. The van der Waals surface area contributed by atoms with E-state index in [2.05, 4.69) is 0 Å². The third kappa shape index (κ3) is 7.43. The Kier molecular flexibility index (Phi) is 10.3. The molecule has 2 aromatic carbocycles. The fraction of sp³-hybridized carbons (Fsp3) is 0.385. The van der Waals surface area contributed by atoms with Crippen molar-refractivity contribution in [2.24, 2.45) is 0 Å². The molecular weight excluding hydrogens is 440 g/mol. The summed E-state index contributed by atoms with van der Waals surface area (Å²) in [6.45, 7) is 0. The summed E-state index contributed by atoms with van der Waals surface area (Å²) in [7, 11) is 3.05. The predicted molar refractivity (Wildman–Crippen MR) is 125 cm³/mol. The maximum atomic E-state index is 12.5. The van der Waals surface area contributed by atoms with Crippen LogP contribution in [0.3, 0.4) is 0 Å². The zero-order valence-corrected chi connectivity index (χ0v) is 19.5. The first-order valence-corrected chi connectivity index (χ1v) is 11.2. The lowest BCUT2D eigenvalue weighted by molar-refractivity contribution is -0.138. The third-order valence-corrected chi connectivity index (χ3v) is 5.46. The van der Waals surface area contributed by atoms with E-state index in [0.29, 0.717) is 33.8 Å². The second kappa shape index (κ2) is 13.1. The van der Waals surface area contributed by atoms with Gasteiger partial charge in [-0.05, 0) is 49.2 Å². The summed E-state index contributed by atoms with van der Waals surface area (Å²) in [6.07, 6.45) is 5.82. The van der Waals surface area contributed by atoms with Crippen LogP contribution in [-0.4, -0.2) is 47.9 Å². The van der Waals surface area contributed by atoms with Crippen molar-refractivity contribution < 1.29 is 38.9 Å². The Bertz CT molecular complexity index is 958. The van der Waals surface area contributed by atoms with Crippen LogP contribution in [-0.2, 0) is 9.59 Å². The summed E-state index contributed by atoms with van der Waals surface area (Å²) < 4.78 is 10.2. The molecule has 0 fully saturated rings. The number of ether oxygens (including phenoxy) is 2. The molecule has 1 aliphatic rings. The number of carbonyl (C=O) groups excluding carboxylic acids is 2. The van der Waals surface area contributed by atoms with E-state index in [9.17, 15) is 19.2 Å². The molecule has 0 unspecified atom stereocenters. The number of aliphatic carboxylic acids is 2. The Labute approximate surface area is 198 Å². The molecule has 182 valence electrons. The number of fused-ring (bicyclic) bond motifs is 2. The zero-order valence-electron chi connectivity index (χ0n) is 19.5. The Morgan fingerprint density at radius 1 is 0.618 bits per heavy atom. The van der Waals surface area contributed by atoms with Gasteiger partial charge in [-0.2, -0.15) is 0 Å². The molecular formula is C26H30O8. The van der Waals surface area contributed by atoms with Crippen LogP contribution in [0.15, 0.2) is 36.4 Å². The fourth-order valence-electron chi connectivity index (χ4n) is 3.62. The second-order valence-corrected chi connectivity index (χ2v) is 7.89. The quantitative estimate of drug-likeness (QED) is 0.384. The van der Waals surface area contributed by atoms with E-state index in [-0.39, 0.29) is 24.4 Å². The van der Waals surface area contributed by atoms with Crippen molar-refractivity contribution in [1.82, 2.24) is 0 Å². The van der Waals surface area contributed by atoms with Gasteiger partial charge in [0.25, 0.3) is 0 Å². The molecule has 0 bridgehead atoms. The largest absolute Gasteiger partial charge is 0.497 e. The van der Waals surface area contributed by atoms with Crippen molar-refractivity contribution in [3.63, 3.8) is 0 Å². The first kappa shape index (κ1) is 26.6. The van der Waals surface area contributed by atoms with Gasteiger partial charge in [-0.1, -0.05) is 25.7 Å². The SMILES string of the molecule is COc1ccc2c(c1)C(=O)c1ccc(OC)cc1C2=O.O=C(O)CCCCCCCCC(=O)O. The molecule has 8 heteroatoms. The average molecular weight is 471 g/mol. The van der Waals surface area contributed by atoms with Gasteiger partial charge in [0, 0.05) is 35.1 Å². The van der Waals surface area contributed by atoms with Crippen LogP contribution in [0, 0.1) is 0 Å². The molecule has 0 spiro atoms. The highest BCUT2D eigenvalue weighted by molar-refractivity contribution is 6.28. The standard InChI is InChI=1S/C16H12O4.C10H18O4/c1-19-9-3-5-11-13(7-9)15(17)12-6-4-10(20-2)8-14(12)16(11)18;11-9(12)7-5-3-1-2-4-6-8-10(13)14/h3-8H,1-2H3;1-8H2,(H,11,12)(H,13,14). The van der Waals surface area contributed by atoms with E-state index in [0.717, 1.165) is 38.5 Å². The molecule has 0 saturated heterocycles. The second-order valence-electron chi connectivity index (χ2n) is 7.89. The number of rotatable bonds is 11. The number of carboxylic acids is 2. The summed E-state index contributed by atoms with van der Waals surface area (Å²) >= 11 is 0. The van der Waals surface area contributed by atoms with Crippen molar-refractivity contribution in [2.75, 3.05) is 14.2 Å². The topological polar surface area (TPSA) is 127 Å². The molecule has 0 aromatic heterocycles. The first-order chi connectivity index (χ1) is 16.3. The molecule has 0 heterocycles. The van der Waals surface area contributed by atoms with Gasteiger partial charge in [-0.15, -0.1) is 0 Å². The van der Waals surface area contributed by atoms with Gasteiger partial charge in [-0.25, -0.2) is 0 Å². The van der Waals surface area contributed by atoms with Crippen LogP contribution < -0.4 is 9.47 Å². The minimum atomic E-state index is -0.740. The maximum absolute atomic E-state index is 12.5. The molecule has 2 N–H and O–H groups in total. The van der Waals surface area contributed by atoms with Gasteiger partial charge in [0.2, 0.25) is 0 Å². The van der Waals surface area contributed by atoms with E-state index < -0.39 is 11.9 Å². The highest BCUT2D eigenvalue weighted by Gasteiger charge is 2.30. The highest BCUT2D eigenvalue weighted by Crippen LogP contribution is 2.31. The minimum Gasteiger partial charge on any atom is -0.497 e. The molecule has 2 aromatic rings. The molecule has 0 atom stereocenters. The van der Waals surface area contributed by atoms with Crippen molar-refractivity contribution in [1.29, 1.82) is 0 Å². The number of benzene rings is 2. The van der Waals surface area contributed by atoms with Crippen molar-refractivity contribution in [2.45, 2.75) is 51.4 Å². The van der Waals surface area contributed by atoms with E-state index in [1.807, 2.05) is 0 Å². The number of ketones is 2. The van der Waals surface area contributed by atoms with Crippen LogP contribution in [0.2, 0.25) is 0 Å². The lowest BCUT2D eigenvalue weighted by Crippen LogP contribution is -2.20. The van der Waals surface area contributed by atoms with Crippen molar-refractivity contribution in [3.05, 3.63) is 58.7 Å². The van der Waals surface area contributed by atoms with Crippen molar-refractivity contribution in [3.8, 4) is 11.5 Å². The molecule has 0 amide bonds. The number of hydrogen-bond donors (Lipinski definition) is 2. The molecule has 0 radical (unpaired) electrons. The molecule has 0 aliphatic heterocycles. The summed E-state index contributed by atoms with van der Waals surface area (Å²) in [5.41, 5.74) is 1.56. The van der Waals surface area contributed by atoms with Gasteiger partial charge >= 0.3 is 11.9 Å². The molecule has 0 saturated carbocycles.